The molecule has 27 heavy (non-hydrogen) atoms. The van der Waals surface area contributed by atoms with Crippen molar-refractivity contribution in [2.75, 3.05) is 59.1 Å². The van der Waals surface area contributed by atoms with Crippen LogP contribution in [0.25, 0.3) is 0 Å². The van der Waals surface area contributed by atoms with Crippen molar-refractivity contribution in [2.24, 2.45) is 7.05 Å². The molecular weight excluding hydrogens is 342 g/mol. The van der Waals surface area contributed by atoms with Gasteiger partial charge in [0.2, 0.25) is 0 Å². The second-order valence-corrected chi connectivity index (χ2v) is 8.22. The molecule has 0 saturated carbocycles. The van der Waals surface area contributed by atoms with Gasteiger partial charge >= 0.3 is 0 Å². The smallest absolute Gasteiger partial charge is 0.101 e. The van der Waals surface area contributed by atoms with Gasteiger partial charge < -0.3 is 19.7 Å². The molecule has 0 bridgehead atoms. The van der Waals surface area contributed by atoms with Crippen LogP contribution in [0.4, 0.5) is 0 Å². The molecule has 0 amide bonds. The summed E-state index contributed by atoms with van der Waals surface area (Å²) in [5.41, 5.74) is 1.21. The molecule has 1 aromatic rings. The van der Waals surface area contributed by atoms with Crippen LogP contribution in [-0.4, -0.2) is 90.8 Å². The van der Waals surface area contributed by atoms with Crippen LogP contribution < -0.4 is 5.32 Å². The summed E-state index contributed by atoms with van der Waals surface area (Å²) in [6, 6.07) is 1.02. The highest BCUT2D eigenvalue weighted by Crippen LogP contribution is 2.29. The molecule has 7 nitrogen and oxygen atoms in total. The van der Waals surface area contributed by atoms with E-state index in [0.29, 0.717) is 12.1 Å². The minimum Gasteiger partial charge on any atom is -0.379 e. The molecule has 1 aromatic heterocycles. The second-order valence-electron chi connectivity index (χ2n) is 8.22. The highest BCUT2D eigenvalue weighted by atomic mass is 16.5. The Kier molecular flexibility index (Phi) is 6.78. The second kappa shape index (κ2) is 9.47. The molecule has 0 unspecified atom stereocenters. The van der Waals surface area contributed by atoms with Crippen LogP contribution in [0.15, 0.2) is 12.4 Å². The van der Waals surface area contributed by atoms with Gasteiger partial charge in [0.05, 0.1) is 19.4 Å². The maximum absolute atomic E-state index is 6.12. The number of nitrogens with zero attached hydrogens (tertiary/aromatic N) is 4. The van der Waals surface area contributed by atoms with Gasteiger partial charge in [0.1, 0.15) is 6.10 Å². The maximum Gasteiger partial charge on any atom is 0.101 e. The van der Waals surface area contributed by atoms with E-state index in [1.807, 2.05) is 17.9 Å². The lowest BCUT2D eigenvalue weighted by Crippen LogP contribution is -2.50. The Morgan fingerprint density at radius 1 is 1.04 bits per heavy atom. The van der Waals surface area contributed by atoms with E-state index >= 15 is 0 Å². The summed E-state index contributed by atoms with van der Waals surface area (Å²) in [5.74, 6) is 0. The first-order chi connectivity index (χ1) is 13.3. The SMILES string of the molecule is Cn1cc([C@H]2OCCC[C@@H]2NC2CCN(CCN3CCOCC3)CC2)cn1. The Morgan fingerprint density at radius 3 is 2.48 bits per heavy atom. The van der Waals surface area contributed by atoms with Crippen LogP contribution in [0, 0.1) is 0 Å². The van der Waals surface area contributed by atoms with Crippen molar-refractivity contribution in [3.8, 4) is 0 Å². The number of aryl methyl sites for hydroxylation is 1. The summed E-state index contributed by atoms with van der Waals surface area (Å²) in [5, 5.41) is 8.26. The number of hydrogen-bond donors (Lipinski definition) is 1. The molecule has 3 saturated heterocycles. The summed E-state index contributed by atoms with van der Waals surface area (Å²) in [4.78, 5) is 5.16. The Labute approximate surface area is 163 Å². The van der Waals surface area contributed by atoms with Gasteiger partial charge in [-0.2, -0.15) is 5.10 Å². The van der Waals surface area contributed by atoms with E-state index in [2.05, 4.69) is 26.4 Å². The predicted octanol–water partition coefficient (Wildman–Crippen LogP) is 1.03. The normalized spacial score (nSPS) is 29.2. The fourth-order valence-corrected chi connectivity index (χ4v) is 4.60. The van der Waals surface area contributed by atoms with Gasteiger partial charge in [-0.15, -0.1) is 0 Å². The van der Waals surface area contributed by atoms with Crippen LogP contribution in [-0.2, 0) is 16.5 Å². The Hall–Kier alpha value is -0.990. The molecule has 3 aliphatic rings. The van der Waals surface area contributed by atoms with Crippen molar-refractivity contribution in [2.45, 2.75) is 43.9 Å². The standard InChI is InChI=1S/C20H35N5O2/c1-23-16-17(15-21-23)20-19(3-2-12-27-20)22-18-4-6-24(7-5-18)8-9-25-10-13-26-14-11-25/h15-16,18-20,22H,2-14H2,1H3/t19-,20+/m0/s1. The van der Waals surface area contributed by atoms with E-state index in [0.717, 1.165) is 39.3 Å². The summed E-state index contributed by atoms with van der Waals surface area (Å²) >= 11 is 0. The lowest BCUT2D eigenvalue weighted by atomic mass is 9.95. The summed E-state index contributed by atoms with van der Waals surface area (Å²) in [7, 11) is 1.97. The minimum atomic E-state index is 0.145. The Bertz CT molecular complexity index is 566. The van der Waals surface area contributed by atoms with Crippen molar-refractivity contribution >= 4 is 0 Å². The molecule has 1 N–H and O–H groups in total. The van der Waals surface area contributed by atoms with E-state index in [4.69, 9.17) is 9.47 Å². The molecule has 3 aliphatic heterocycles. The topological polar surface area (TPSA) is 54.8 Å². The zero-order valence-corrected chi connectivity index (χ0v) is 16.7. The average Bonchev–Trinajstić information content (AvgIpc) is 3.15. The van der Waals surface area contributed by atoms with Crippen LogP contribution in [0.1, 0.15) is 37.4 Å². The number of hydrogen-bond acceptors (Lipinski definition) is 6. The number of likely N-dealkylation sites (tertiary alicyclic amines) is 1. The number of rotatable bonds is 6. The highest BCUT2D eigenvalue weighted by molar-refractivity contribution is 5.12. The number of nitrogens with one attached hydrogen (secondary N) is 1. The van der Waals surface area contributed by atoms with E-state index in [1.54, 1.807) is 0 Å². The van der Waals surface area contributed by atoms with Crippen LogP contribution in [0.2, 0.25) is 0 Å². The number of piperidine rings is 1. The highest BCUT2D eigenvalue weighted by Gasteiger charge is 2.31. The van der Waals surface area contributed by atoms with Crippen LogP contribution in [0.5, 0.6) is 0 Å². The average molecular weight is 378 g/mol. The zero-order chi connectivity index (χ0) is 18.5. The minimum absolute atomic E-state index is 0.145. The Morgan fingerprint density at radius 2 is 1.78 bits per heavy atom. The molecular formula is C20H35N5O2. The van der Waals surface area contributed by atoms with Gasteiger partial charge in [0.15, 0.2) is 0 Å². The molecule has 0 aliphatic carbocycles. The number of ether oxygens (including phenoxy) is 2. The van der Waals surface area contributed by atoms with Gasteiger partial charge in [0, 0.05) is 63.7 Å². The third-order valence-corrected chi connectivity index (χ3v) is 6.25. The monoisotopic (exact) mass is 377 g/mol. The lowest BCUT2D eigenvalue weighted by molar-refractivity contribution is -0.0165. The third kappa shape index (κ3) is 5.29. The van der Waals surface area contributed by atoms with Crippen molar-refractivity contribution < 1.29 is 9.47 Å². The first-order valence-electron chi connectivity index (χ1n) is 10.7. The fourth-order valence-electron chi connectivity index (χ4n) is 4.60. The van der Waals surface area contributed by atoms with Gasteiger partial charge in [-0.25, -0.2) is 0 Å². The first-order valence-corrected chi connectivity index (χ1v) is 10.7. The third-order valence-electron chi connectivity index (χ3n) is 6.25. The quantitative estimate of drug-likeness (QED) is 0.799. The molecule has 0 spiro atoms. The molecule has 0 aromatic carbocycles. The van der Waals surface area contributed by atoms with Crippen molar-refractivity contribution in [1.29, 1.82) is 0 Å². The van der Waals surface area contributed by atoms with Crippen LogP contribution >= 0.6 is 0 Å². The Balaban J connectivity index is 1.22. The van der Waals surface area contributed by atoms with Gasteiger partial charge in [-0.05, 0) is 38.8 Å². The van der Waals surface area contributed by atoms with E-state index < -0.39 is 0 Å². The molecule has 3 fully saturated rings. The number of aromatic nitrogens is 2. The van der Waals surface area contributed by atoms with Crippen molar-refractivity contribution in [1.82, 2.24) is 24.9 Å². The maximum atomic E-state index is 6.12. The number of morpholine rings is 1. The molecule has 152 valence electrons. The van der Waals surface area contributed by atoms with E-state index in [1.165, 1.54) is 51.0 Å². The van der Waals surface area contributed by atoms with E-state index in [-0.39, 0.29) is 6.10 Å². The summed E-state index contributed by atoms with van der Waals surface area (Å²) in [6.45, 7) is 9.61. The van der Waals surface area contributed by atoms with Gasteiger partial charge in [-0.3, -0.25) is 9.58 Å². The first kappa shape index (κ1) is 19.3. The zero-order valence-electron chi connectivity index (χ0n) is 16.7. The summed E-state index contributed by atoms with van der Waals surface area (Å²) < 4.78 is 13.4. The van der Waals surface area contributed by atoms with Gasteiger partial charge in [0.25, 0.3) is 0 Å². The fraction of sp³-hybridized carbons (Fsp3) is 0.850. The van der Waals surface area contributed by atoms with Crippen molar-refractivity contribution in [3.63, 3.8) is 0 Å². The van der Waals surface area contributed by atoms with Crippen molar-refractivity contribution in [3.05, 3.63) is 18.0 Å². The lowest BCUT2D eigenvalue weighted by Gasteiger charge is -2.39. The molecule has 2 atom stereocenters. The predicted molar refractivity (Wildman–Crippen MR) is 105 cm³/mol. The molecule has 4 rings (SSSR count). The van der Waals surface area contributed by atoms with Gasteiger partial charge in [-0.1, -0.05) is 0 Å². The van der Waals surface area contributed by atoms with Crippen LogP contribution in [0.3, 0.4) is 0 Å². The molecule has 7 heteroatoms. The summed E-state index contributed by atoms with van der Waals surface area (Å²) in [6.07, 6.45) is 9.01. The van der Waals surface area contributed by atoms with E-state index in [9.17, 15) is 0 Å². The largest absolute Gasteiger partial charge is 0.379 e. The molecule has 0 radical (unpaired) electrons. The molecule has 4 heterocycles.